The third kappa shape index (κ3) is 5.89. The van der Waals surface area contributed by atoms with Crippen molar-refractivity contribution in [3.05, 3.63) is 128 Å². The van der Waals surface area contributed by atoms with E-state index in [1.54, 1.807) is 22.3 Å². The molecule has 0 aromatic heterocycles. The quantitative estimate of drug-likeness (QED) is 0.0985. The predicted molar refractivity (Wildman–Crippen MR) is 220 cm³/mol. The van der Waals surface area contributed by atoms with Crippen molar-refractivity contribution in [1.29, 1.82) is 0 Å². The van der Waals surface area contributed by atoms with Crippen LogP contribution in [0.5, 0.6) is 0 Å². The van der Waals surface area contributed by atoms with Crippen LogP contribution in [-0.2, 0) is 20.0 Å². The van der Waals surface area contributed by atoms with E-state index >= 15 is 0 Å². The first-order valence-electron chi connectivity index (χ1n) is 20.0. The molecule has 1 fully saturated rings. The number of rotatable bonds is 12. The van der Waals surface area contributed by atoms with Gasteiger partial charge in [-0.25, -0.2) is 0 Å². The number of aryl methyl sites for hydroxylation is 2. The summed E-state index contributed by atoms with van der Waals surface area (Å²) in [5.74, 6) is 0. The molecule has 0 nitrogen and oxygen atoms in total. The number of unbranched alkanes of at least 4 members (excludes halogenated alkanes) is 6. The second-order valence-electron chi connectivity index (χ2n) is 16.7. The second-order valence-corrected chi connectivity index (χ2v) is 38.3. The summed E-state index contributed by atoms with van der Waals surface area (Å²) in [4.78, 5) is 0. The maximum atomic E-state index is 2.86. The fourth-order valence-electron chi connectivity index (χ4n) is 10.5. The Labute approximate surface area is 309 Å². The first-order chi connectivity index (χ1) is 24.2. The van der Waals surface area contributed by atoms with Gasteiger partial charge >= 0.3 is 312 Å². The van der Waals surface area contributed by atoms with Crippen LogP contribution in [0.3, 0.4) is 0 Å². The number of hydrogen-bond donors (Lipinski definition) is 0. The molecule has 1 aliphatic heterocycles. The summed E-state index contributed by atoms with van der Waals surface area (Å²) in [6, 6.07) is 31.6. The van der Waals surface area contributed by atoms with Crippen LogP contribution in [0.4, 0.5) is 0 Å². The van der Waals surface area contributed by atoms with Crippen LogP contribution in [0.2, 0.25) is 21.4 Å². The van der Waals surface area contributed by atoms with Gasteiger partial charge in [0.1, 0.15) is 0 Å². The van der Waals surface area contributed by atoms with Crippen LogP contribution >= 0.6 is 0 Å². The van der Waals surface area contributed by atoms with E-state index < -0.39 is 28.0 Å². The first kappa shape index (κ1) is 35.8. The van der Waals surface area contributed by atoms with Crippen molar-refractivity contribution >= 4 is 20.2 Å². The molecule has 2 aliphatic carbocycles. The van der Waals surface area contributed by atoms with Crippen molar-refractivity contribution in [3.63, 3.8) is 0 Å². The number of fused-ring (bicyclic) bond motifs is 6. The molecule has 2 heteroatoms. The molecule has 3 aliphatic rings. The Kier molecular flexibility index (Phi) is 10.4. The molecule has 0 amide bonds. The standard InChI is InChI=1S/C46H54Si.2CH3.Hf/c1-7-9-11-13-27-47(28-14-12-10-8-2,39-29-37-21-17-25-43(45(37)31-39)41-23-15-19-33(3)35(41)5)40-30-38-22-18-26-44(46(38)32-40)42-24-16-20-34(4)36(42)6;;;/h15-26,29-32H,7-14,27-28H2,1-6H3;2*1H3;. The summed E-state index contributed by atoms with van der Waals surface area (Å²) in [7, 11) is -2.05. The molecule has 2 unspecified atom stereocenters. The molecule has 1 saturated heterocycles. The topological polar surface area (TPSA) is 0 Å². The van der Waals surface area contributed by atoms with Gasteiger partial charge in [-0.05, 0) is 0 Å². The van der Waals surface area contributed by atoms with Gasteiger partial charge in [0, 0.05) is 0 Å². The van der Waals surface area contributed by atoms with Crippen molar-refractivity contribution in [2.75, 3.05) is 0 Å². The summed E-state index contributed by atoms with van der Waals surface area (Å²) < 4.78 is 7.08. The van der Waals surface area contributed by atoms with Crippen LogP contribution in [0.1, 0.15) is 117 Å². The molecule has 0 saturated carbocycles. The molecule has 4 aromatic rings. The Morgan fingerprint density at radius 3 is 1.32 bits per heavy atom. The van der Waals surface area contributed by atoms with E-state index in [2.05, 4.69) is 136 Å². The van der Waals surface area contributed by atoms with Gasteiger partial charge in [0.15, 0.2) is 0 Å². The van der Waals surface area contributed by atoms with Crippen LogP contribution < -0.4 is 0 Å². The minimum atomic E-state index is -3.16. The van der Waals surface area contributed by atoms with Crippen molar-refractivity contribution < 1.29 is 20.0 Å². The van der Waals surface area contributed by atoms with Crippen LogP contribution in [0.15, 0.2) is 83.2 Å². The summed E-state index contributed by atoms with van der Waals surface area (Å²) in [6.45, 7) is 14.0. The molecule has 0 spiro atoms. The zero-order valence-corrected chi connectivity index (χ0v) is 36.9. The third-order valence-corrected chi connectivity index (χ3v) is 36.1. The van der Waals surface area contributed by atoms with Crippen molar-refractivity contribution in [2.45, 2.75) is 122 Å². The van der Waals surface area contributed by atoms with Crippen LogP contribution in [0, 0.1) is 27.7 Å². The van der Waals surface area contributed by atoms with Gasteiger partial charge in [-0.1, -0.05) is 0 Å². The molecule has 7 rings (SSSR count). The van der Waals surface area contributed by atoms with Gasteiger partial charge in [-0.2, -0.15) is 0 Å². The van der Waals surface area contributed by atoms with E-state index in [4.69, 9.17) is 0 Å². The SMILES string of the molecule is CCCCCC[Si]1(CCCCCC)C2=Cc3c(-c4cccc(C)c4C)cccc3[CH]2[Hf]([CH3])([CH3])[CH]2C1=Cc1c(-c3cccc(C)c3C)cccc12. The summed E-state index contributed by atoms with van der Waals surface area (Å²) >= 11 is -3.16. The zero-order valence-electron chi connectivity index (χ0n) is 32.3. The van der Waals surface area contributed by atoms with E-state index in [0.29, 0.717) is 7.35 Å². The molecule has 4 aromatic carbocycles. The fraction of sp³-hybridized carbons (Fsp3) is 0.417. The fourth-order valence-corrected chi connectivity index (χ4v) is 43.4. The summed E-state index contributed by atoms with van der Waals surface area (Å²) in [6.07, 6.45) is 16.6. The average Bonchev–Trinajstić information content (AvgIpc) is 3.72. The Balaban J connectivity index is 1.48. The zero-order chi connectivity index (χ0) is 35.2. The average molecular weight is 844 g/mol. The van der Waals surface area contributed by atoms with Gasteiger partial charge in [0.2, 0.25) is 0 Å². The maximum absolute atomic E-state index is 3.16. The molecular formula is C48H60HfSi. The number of allylic oxidation sites excluding steroid dienone is 2. The Bertz CT molecular complexity index is 1830. The number of hydrogen-bond acceptors (Lipinski definition) is 0. The minimum absolute atomic E-state index is 0.684. The van der Waals surface area contributed by atoms with Gasteiger partial charge in [-0.3, -0.25) is 0 Å². The number of benzene rings is 4. The normalized spacial score (nSPS) is 19.4. The van der Waals surface area contributed by atoms with Gasteiger partial charge in [0.25, 0.3) is 0 Å². The summed E-state index contributed by atoms with van der Waals surface area (Å²) in [5, 5.41) is 3.93. The van der Waals surface area contributed by atoms with E-state index in [1.165, 1.54) is 108 Å². The van der Waals surface area contributed by atoms with Gasteiger partial charge < -0.3 is 0 Å². The van der Waals surface area contributed by atoms with Crippen LogP contribution in [-0.4, -0.2) is 8.07 Å². The molecule has 2 atom stereocenters. The van der Waals surface area contributed by atoms with Crippen molar-refractivity contribution in [1.82, 2.24) is 0 Å². The van der Waals surface area contributed by atoms with Gasteiger partial charge in [-0.15, -0.1) is 0 Å². The van der Waals surface area contributed by atoms with E-state index in [1.807, 2.05) is 10.4 Å². The second kappa shape index (κ2) is 14.5. The molecule has 1 heterocycles. The van der Waals surface area contributed by atoms with Crippen LogP contribution in [0.25, 0.3) is 34.4 Å². The first-order valence-corrected chi connectivity index (χ1v) is 33.7. The van der Waals surface area contributed by atoms with E-state index in [0.717, 1.165) is 0 Å². The molecule has 50 heavy (non-hydrogen) atoms. The third-order valence-electron chi connectivity index (χ3n) is 13.4. The van der Waals surface area contributed by atoms with Crippen molar-refractivity contribution in [2.24, 2.45) is 0 Å². The Morgan fingerprint density at radius 2 is 0.900 bits per heavy atom. The molecule has 260 valence electrons. The summed E-state index contributed by atoms with van der Waals surface area (Å²) in [5.41, 5.74) is 18.1. The molecule has 0 bridgehead atoms. The van der Waals surface area contributed by atoms with Gasteiger partial charge in [0.05, 0.1) is 0 Å². The van der Waals surface area contributed by atoms with E-state index in [9.17, 15) is 0 Å². The molecule has 0 radical (unpaired) electrons. The Hall–Kier alpha value is -2.55. The van der Waals surface area contributed by atoms with Crippen molar-refractivity contribution in [3.8, 4) is 22.3 Å². The Morgan fingerprint density at radius 1 is 0.500 bits per heavy atom. The molecule has 0 N–H and O–H groups in total. The predicted octanol–water partition coefficient (Wildman–Crippen LogP) is 14.8. The van der Waals surface area contributed by atoms with E-state index in [-0.39, 0.29) is 0 Å². The monoisotopic (exact) mass is 844 g/mol. The molecular weight excluding hydrogens is 783 g/mol.